The van der Waals surface area contributed by atoms with Crippen LogP contribution in [0.5, 0.6) is 0 Å². The van der Waals surface area contributed by atoms with E-state index in [9.17, 15) is 0 Å². The fraction of sp³-hybridized carbons (Fsp3) is 0.571. The van der Waals surface area contributed by atoms with E-state index >= 15 is 0 Å². The van der Waals surface area contributed by atoms with Gasteiger partial charge in [0.15, 0.2) is 0 Å². The van der Waals surface area contributed by atoms with E-state index in [1.165, 1.54) is 54.8 Å². The van der Waals surface area contributed by atoms with Crippen LogP contribution in [0, 0.1) is 25.7 Å². The molecule has 0 spiro atoms. The Morgan fingerprint density at radius 1 is 0.957 bits per heavy atom. The Labute approximate surface area is 143 Å². The predicted molar refractivity (Wildman–Crippen MR) is 96.1 cm³/mol. The summed E-state index contributed by atoms with van der Waals surface area (Å²) < 4.78 is 0. The first-order valence-electron chi connectivity index (χ1n) is 9.07. The third-order valence-corrected chi connectivity index (χ3v) is 7.66. The van der Waals surface area contributed by atoms with Crippen molar-refractivity contribution in [2.45, 2.75) is 63.2 Å². The second-order valence-electron chi connectivity index (χ2n) is 8.64. The number of aryl methyl sites for hydroxylation is 2. The van der Waals surface area contributed by atoms with Crippen molar-refractivity contribution in [1.29, 1.82) is 0 Å². The highest BCUT2D eigenvalue weighted by Crippen LogP contribution is 2.66. The van der Waals surface area contributed by atoms with Crippen LogP contribution >= 0.6 is 11.3 Å². The molecular formula is C21H25NS. The molecule has 2 aromatic rings. The third kappa shape index (κ3) is 2.07. The maximum atomic E-state index is 4.96. The average molecular weight is 324 g/mol. The molecule has 1 aromatic heterocycles. The van der Waals surface area contributed by atoms with Crippen molar-refractivity contribution < 1.29 is 0 Å². The van der Waals surface area contributed by atoms with Crippen LogP contribution in [0.15, 0.2) is 29.6 Å². The van der Waals surface area contributed by atoms with Gasteiger partial charge >= 0.3 is 0 Å². The van der Waals surface area contributed by atoms with Gasteiger partial charge in [-0.25, -0.2) is 4.98 Å². The Balaban J connectivity index is 1.61. The minimum Gasteiger partial charge on any atom is -0.246 e. The van der Waals surface area contributed by atoms with E-state index in [4.69, 9.17) is 4.98 Å². The van der Waals surface area contributed by atoms with Crippen LogP contribution in [0.3, 0.4) is 0 Å². The molecule has 4 aliphatic rings. The van der Waals surface area contributed by atoms with E-state index in [0.717, 1.165) is 11.8 Å². The van der Waals surface area contributed by atoms with Crippen molar-refractivity contribution in [3.8, 4) is 0 Å². The summed E-state index contributed by atoms with van der Waals surface area (Å²) in [6.45, 7) is 4.35. The maximum absolute atomic E-state index is 4.96. The SMILES string of the molecule is Cc1ccc(C23C[C@H]4C[C@@H](C2)CC(c2csc(C)n2)(C4)C3)cc1. The number of benzene rings is 1. The van der Waals surface area contributed by atoms with Crippen molar-refractivity contribution in [3.63, 3.8) is 0 Å². The van der Waals surface area contributed by atoms with E-state index in [1.54, 1.807) is 5.56 Å². The molecule has 2 heteroatoms. The molecule has 2 unspecified atom stereocenters. The molecule has 1 nitrogen and oxygen atoms in total. The second kappa shape index (κ2) is 4.69. The first-order valence-corrected chi connectivity index (χ1v) is 9.95. The predicted octanol–water partition coefficient (Wildman–Crippen LogP) is 5.55. The lowest BCUT2D eigenvalue weighted by Gasteiger charge is -2.62. The molecule has 1 aromatic carbocycles. The van der Waals surface area contributed by atoms with E-state index < -0.39 is 0 Å². The zero-order chi connectivity index (χ0) is 15.7. The highest BCUT2D eigenvalue weighted by atomic mass is 32.1. The quantitative estimate of drug-likeness (QED) is 0.706. The minimum absolute atomic E-state index is 0.375. The van der Waals surface area contributed by atoms with Gasteiger partial charge in [-0.3, -0.25) is 0 Å². The van der Waals surface area contributed by atoms with Gasteiger partial charge in [0.2, 0.25) is 0 Å². The van der Waals surface area contributed by atoms with Gasteiger partial charge in [0.25, 0.3) is 0 Å². The summed E-state index contributed by atoms with van der Waals surface area (Å²) in [6.07, 6.45) is 8.41. The molecule has 0 aliphatic heterocycles. The van der Waals surface area contributed by atoms with Crippen molar-refractivity contribution in [1.82, 2.24) is 4.98 Å². The highest BCUT2D eigenvalue weighted by molar-refractivity contribution is 7.09. The molecule has 4 atom stereocenters. The van der Waals surface area contributed by atoms with Crippen LogP contribution in [0.4, 0.5) is 0 Å². The zero-order valence-corrected chi connectivity index (χ0v) is 15.0. The van der Waals surface area contributed by atoms with E-state index in [2.05, 4.69) is 43.5 Å². The Morgan fingerprint density at radius 3 is 2.22 bits per heavy atom. The fourth-order valence-electron chi connectivity index (χ4n) is 6.41. The molecule has 1 heterocycles. The van der Waals surface area contributed by atoms with Crippen molar-refractivity contribution >= 4 is 11.3 Å². The van der Waals surface area contributed by atoms with Gasteiger partial charge in [-0.05, 0) is 75.2 Å². The molecule has 4 aliphatic carbocycles. The summed E-state index contributed by atoms with van der Waals surface area (Å²) >= 11 is 1.84. The molecule has 4 fully saturated rings. The Bertz CT molecular complexity index is 727. The summed E-state index contributed by atoms with van der Waals surface area (Å²) in [7, 11) is 0. The normalized spacial score (nSPS) is 38.2. The van der Waals surface area contributed by atoms with Crippen LogP contribution in [-0.4, -0.2) is 4.98 Å². The number of hydrogen-bond acceptors (Lipinski definition) is 2. The molecule has 6 rings (SSSR count). The van der Waals surface area contributed by atoms with E-state index in [1.807, 2.05) is 11.3 Å². The molecule has 4 saturated carbocycles. The number of thiazole rings is 1. The van der Waals surface area contributed by atoms with Crippen LogP contribution in [0.1, 0.15) is 60.4 Å². The highest BCUT2D eigenvalue weighted by Gasteiger charge is 2.59. The molecule has 120 valence electrons. The summed E-state index contributed by atoms with van der Waals surface area (Å²) in [6, 6.07) is 9.46. The summed E-state index contributed by atoms with van der Waals surface area (Å²) in [5, 5.41) is 3.60. The Hall–Kier alpha value is -1.15. The number of aromatic nitrogens is 1. The van der Waals surface area contributed by atoms with Crippen molar-refractivity contribution in [2.24, 2.45) is 11.8 Å². The lowest BCUT2D eigenvalue weighted by Crippen LogP contribution is -2.56. The van der Waals surface area contributed by atoms with Gasteiger partial charge in [-0.1, -0.05) is 29.8 Å². The maximum Gasteiger partial charge on any atom is 0.0897 e. The standard InChI is InChI=1S/C21H25NS/c1-14-3-5-18(6-4-14)20-8-16-7-17(9-20)11-21(10-16,13-20)19-12-23-15(2)22-19/h3-6,12,16-17H,7-11,13H2,1-2H3/t16-,17+,20?,21?. The van der Waals surface area contributed by atoms with Crippen molar-refractivity contribution in [3.05, 3.63) is 51.5 Å². The van der Waals surface area contributed by atoms with Gasteiger partial charge in [0.05, 0.1) is 10.7 Å². The monoisotopic (exact) mass is 323 g/mol. The summed E-state index contributed by atoms with van der Waals surface area (Å²) in [4.78, 5) is 4.96. The molecule has 0 saturated heterocycles. The Kier molecular flexibility index (Phi) is 2.90. The van der Waals surface area contributed by atoms with E-state index in [-0.39, 0.29) is 0 Å². The fourth-order valence-corrected chi connectivity index (χ4v) is 7.15. The van der Waals surface area contributed by atoms with Crippen molar-refractivity contribution in [2.75, 3.05) is 0 Å². The van der Waals surface area contributed by atoms with Gasteiger partial charge in [0.1, 0.15) is 0 Å². The summed E-state index contributed by atoms with van der Waals surface area (Å²) in [5.41, 5.74) is 5.21. The zero-order valence-electron chi connectivity index (χ0n) is 14.1. The first kappa shape index (κ1) is 14.2. The summed E-state index contributed by atoms with van der Waals surface area (Å²) in [5.74, 6) is 1.83. The number of hydrogen-bond donors (Lipinski definition) is 0. The molecule has 0 amide bonds. The van der Waals surface area contributed by atoms with Crippen LogP contribution in [0.25, 0.3) is 0 Å². The van der Waals surface area contributed by atoms with Crippen LogP contribution in [-0.2, 0) is 10.8 Å². The number of rotatable bonds is 2. The second-order valence-corrected chi connectivity index (χ2v) is 9.70. The molecule has 0 N–H and O–H groups in total. The van der Waals surface area contributed by atoms with Gasteiger partial charge in [0, 0.05) is 10.8 Å². The van der Waals surface area contributed by atoms with Gasteiger partial charge in [-0.2, -0.15) is 0 Å². The average Bonchev–Trinajstić information content (AvgIpc) is 2.94. The lowest BCUT2D eigenvalue weighted by atomic mass is 9.42. The van der Waals surface area contributed by atoms with E-state index in [0.29, 0.717) is 10.8 Å². The van der Waals surface area contributed by atoms with Crippen LogP contribution < -0.4 is 0 Å². The number of nitrogens with zero attached hydrogens (tertiary/aromatic N) is 1. The lowest BCUT2D eigenvalue weighted by molar-refractivity contribution is -0.0297. The smallest absolute Gasteiger partial charge is 0.0897 e. The molecule has 0 radical (unpaired) electrons. The minimum atomic E-state index is 0.375. The first-order chi connectivity index (χ1) is 11.1. The topological polar surface area (TPSA) is 12.9 Å². The Morgan fingerprint density at radius 2 is 1.61 bits per heavy atom. The molecule has 4 bridgehead atoms. The van der Waals surface area contributed by atoms with Gasteiger partial charge < -0.3 is 0 Å². The van der Waals surface area contributed by atoms with Crippen LogP contribution in [0.2, 0.25) is 0 Å². The third-order valence-electron chi connectivity index (χ3n) is 6.89. The van der Waals surface area contributed by atoms with Gasteiger partial charge in [-0.15, -0.1) is 11.3 Å². The molecular weight excluding hydrogens is 298 g/mol. The largest absolute Gasteiger partial charge is 0.246 e. The molecule has 23 heavy (non-hydrogen) atoms.